The maximum absolute atomic E-state index is 12.3. The van der Waals surface area contributed by atoms with Crippen LogP contribution in [0.1, 0.15) is 12.5 Å². The summed E-state index contributed by atoms with van der Waals surface area (Å²) in [5.74, 6) is 0.886. The Morgan fingerprint density at radius 2 is 1.87 bits per heavy atom. The monoisotopic (exact) mass is 408 g/mol. The van der Waals surface area contributed by atoms with Gasteiger partial charge in [-0.05, 0) is 55.0 Å². The first kappa shape index (κ1) is 20.9. The molecule has 30 heavy (non-hydrogen) atoms. The third kappa shape index (κ3) is 6.10. The molecule has 2 aromatic carbocycles. The molecule has 156 valence electrons. The summed E-state index contributed by atoms with van der Waals surface area (Å²) in [5, 5.41) is 9.68. The molecular formula is C22H24N4O4. The molecule has 8 heteroatoms. The van der Waals surface area contributed by atoms with Crippen molar-refractivity contribution in [2.75, 3.05) is 12.4 Å². The highest BCUT2D eigenvalue weighted by molar-refractivity contribution is 5.90. The van der Waals surface area contributed by atoms with Crippen molar-refractivity contribution in [3.05, 3.63) is 72.6 Å². The lowest BCUT2D eigenvalue weighted by atomic mass is 10.2. The van der Waals surface area contributed by atoms with Crippen LogP contribution in [0.2, 0.25) is 0 Å². The van der Waals surface area contributed by atoms with E-state index in [1.165, 1.54) is 0 Å². The van der Waals surface area contributed by atoms with E-state index in [4.69, 9.17) is 9.47 Å². The van der Waals surface area contributed by atoms with Gasteiger partial charge in [0.1, 0.15) is 18.0 Å². The molecule has 2 amide bonds. The Morgan fingerprint density at radius 3 is 2.57 bits per heavy atom. The number of hydrogen-bond acceptors (Lipinski definition) is 5. The summed E-state index contributed by atoms with van der Waals surface area (Å²) in [6, 6.07) is 16.1. The Kier molecular flexibility index (Phi) is 7.05. The van der Waals surface area contributed by atoms with Gasteiger partial charge in [-0.3, -0.25) is 14.3 Å². The number of rotatable bonds is 9. The minimum atomic E-state index is -0.657. The Balaban J connectivity index is 1.49. The lowest BCUT2D eigenvalue weighted by Crippen LogP contribution is -2.35. The molecule has 0 bridgehead atoms. The van der Waals surface area contributed by atoms with Gasteiger partial charge in [0.05, 0.1) is 7.11 Å². The molecule has 1 atom stereocenters. The summed E-state index contributed by atoms with van der Waals surface area (Å²) in [6.45, 7) is 2.14. The predicted molar refractivity (Wildman–Crippen MR) is 112 cm³/mol. The number of nitrogens with one attached hydrogen (secondary N) is 2. The van der Waals surface area contributed by atoms with Gasteiger partial charge < -0.3 is 20.1 Å². The molecule has 0 radical (unpaired) electrons. The van der Waals surface area contributed by atoms with Gasteiger partial charge in [-0.1, -0.05) is 12.1 Å². The SMILES string of the molecule is COc1ccc(OC(C)C(=O)NCc2cccc(NC(=O)Cn3cccn3)c2)cc1. The van der Waals surface area contributed by atoms with Crippen molar-refractivity contribution in [1.82, 2.24) is 15.1 Å². The fraction of sp³-hybridized carbons (Fsp3) is 0.227. The van der Waals surface area contributed by atoms with Crippen LogP contribution in [-0.2, 0) is 22.7 Å². The molecular weight excluding hydrogens is 384 g/mol. The molecule has 1 unspecified atom stereocenters. The number of amides is 2. The number of nitrogens with zero attached hydrogens (tertiary/aromatic N) is 2. The van der Waals surface area contributed by atoms with Crippen LogP contribution >= 0.6 is 0 Å². The summed E-state index contributed by atoms with van der Waals surface area (Å²) in [7, 11) is 1.59. The molecule has 0 aliphatic carbocycles. The van der Waals surface area contributed by atoms with E-state index in [9.17, 15) is 9.59 Å². The van der Waals surface area contributed by atoms with E-state index in [2.05, 4.69) is 15.7 Å². The summed E-state index contributed by atoms with van der Waals surface area (Å²) in [4.78, 5) is 24.4. The van der Waals surface area contributed by atoms with Crippen LogP contribution in [0.25, 0.3) is 0 Å². The zero-order valence-corrected chi connectivity index (χ0v) is 16.9. The van der Waals surface area contributed by atoms with Crippen LogP contribution in [0.5, 0.6) is 11.5 Å². The fourth-order valence-electron chi connectivity index (χ4n) is 2.75. The first-order valence-electron chi connectivity index (χ1n) is 9.48. The molecule has 1 aromatic heterocycles. The molecule has 3 aromatic rings. The zero-order valence-electron chi connectivity index (χ0n) is 16.9. The van der Waals surface area contributed by atoms with Gasteiger partial charge in [0, 0.05) is 24.6 Å². The van der Waals surface area contributed by atoms with Crippen molar-refractivity contribution in [2.45, 2.75) is 26.1 Å². The van der Waals surface area contributed by atoms with Gasteiger partial charge in [0.25, 0.3) is 5.91 Å². The van der Waals surface area contributed by atoms with Crippen LogP contribution in [-0.4, -0.2) is 34.8 Å². The third-order valence-corrected chi connectivity index (χ3v) is 4.28. The molecule has 0 saturated heterocycles. The number of ether oxygens (including phenoxy) is 2. The van der Waals surface area contributed by atoms with Crippen molar-refractivity contribution in [3.63, 3.8) is 0 Å². The van der Waals surface area contributed by atoms with E-state index >= 15 is 0 Å². The number of aromatic nitrogens is 2. The second-order valence-corrected chi connectivity index (χ2v) is 6.61. The summed E-state index contributed by atoms with van der Waals surface area (Å²) in [5.41, 5.74) is 1.51. The Labute approximate surface area is 174 Å². The summed E-state index contributed by atoms with van der Waals surface area (Å²) in [6.07, 6.45) is 2.69. The van der Waals surface area contributed by atoms with Crippen LogP contribution in [0.4, 0.5) is 5.69 Å². The van der Waals surface area contributed by atoms with Crippen molar-refractivity contribution in [1.29, 1.82) is 0 Å². The minimum absolute atomic E-state index is 0.133. The van der Waals surface area contributed by atoms with E-state index in [0.29, 0.717) is 18.0 Å². The fourth-order valence-corrected chi connectivity index (χ4v) is 2.75. The Bertz CT molecular complexity index is 971. The molecule has 0 fully saturated rings. The molecule has 2 N–H and O–H groups in total. The minimum Gasteiger partial charge on any atom is -0.497 e. The first-order valence-corrected chi connectivity index (χ1v) is 9.48. The highest BCUT2D eigenvalue weighted by atomic mass is 16.5. The van der Waals surface area contributed by atoms with Crippen molar-refractivity contribution in [2.24, 2.45) is 0 Å². The average molecular weight is 408 g/mol. The number of methoxy groups -OCH3 is 1. The van der Waals surface area contributed by atoms with E-state index < -0.39 is 6.10 Å². The van der Waals surface area contributed by atoms with Crippen LogP contribution in [0.15, 0.2) is 67.0 Å². The highest BCUT2D eigenvalue weighted by Gasteiger charge is 2.14. The molecule has 0 saturated carbocycles. The average Bonchev–Trinajstić information content (AvgIpc) is 3.25. The van der Waals surface area contributed by atoms with Crippen molar-refractivity contribution in [3.8, 4) is 11.5 Å². The number of anilines is 1. The topological polar surface area (TPSA) is 94.5 Å². The maximum atomic E-state index is 12.3. The molecule has 0 aliphatic rings. The number of hydrogen-bond donors (Lipinski definition) is 2. The first-order chi connectivity index (χ1) is 14.5. The van der Waals surface area contributed by atoms with E-state index in [0.717, 1.165) is 11.3 Å². The second-order valence-electron chi connectivity index (χ2n) is 6.61. The summed E-state index contributed by atoms with van der Waals surface area (Å²) >= 11 is 0. The van der Waals surface area contributed by atoms with E-state index in [1.54, 1.807) is 67.5 Å². The van der Waals surface area contributed by atoms with Crippen LogP contribution in [0, 0.1) is 0 Å². The van der Waals surface area contributed by atoms with E-state index in [1.807, 2.05) is 18.2 Å². The summed E-state index contributed by atoms with van der Waals surface area (Å²) < 4.78 is 12.3. The normalized spacial score (nSPS) is 11.4. The highest BCUT2D eigenvalue weighted by Crippen LogP contribution is 2.18. The number of carbonyl (C=O) groups excluding carboxylic acids is 2. The predicted octanol–water partition coefficient (Wildman–Crippen LogP) is 2.61. The van der Waals surface area contributed by atoms with Gasteiger partial charge in [-0.2, -0.15) is 5.10 Å². The third-order valence-electron chi connectivity index (χ3n) is 4.28. The van der Waals surface area contributed by atoms with Crippen LogP contribution < -0.4 is 20.1 Å². The molecule has 3 rings (SSSR count). The van der Waals surface area contributed by atoms with E-state index in [-0.39, 0.29) is 18.4 Å². The van der Waals surface area contributed by atoms with Gasteiger partial charge in [0.2, 0.25) is 5.91 Å². The quantitative estimate of drug-likeness (QED) is 0.568. The molecule has 8 nitrogen and oxygen atoms in total. The lowest BCUT2D eigenvalue weighted by molar-refractivity contribution is -0.127. The maximum Gasteiger partial charge on any atom is 0.261 e. The molecule has 0 aliphatic heterocycles. The van der Waals surface area contributed by atoms with Gasteiger partial charge in [-0.25, -0.2) is 0 Å². The zero-order chi connectivity index (χ0) is 21.3. The molecule has 1 heterocycles. The smallest absolute Gasteiger partial charge is 0.261 e. The van der Waals surface area contributed by atoms with Gasteiger partial charge in [-0.15, -0.1) is 0 Å². The molecule has 0 spiro atoms. The Morgan fingerprint density at radius 1 is 1.10 bits per heavy atom. The largest absolute Gasteiger partial charge is 0.497 e. The Hall–Kier alpha value is -3.81. The van der Waals surface area contributed by atoms with Crippen molar-refractivity contribution >= 4 is 17.5 Å². The standard InChI is InChI=1S/C22H24N4O4/c1-16(30-20-9-7-19(29-2)8-10-20)22(28)23-14-17-5-3-6-18(13-17)25-21(27)15-26-12-4-11-24-26/h3-13,16H,14-15H2,1-2H3,(H,23,28)(H,25,27). The van der Waals surface area contributed by atoms with Crippen LogP contribution in [0.3, 0.4) is 0 Å². The number of benzene rings is 2. The van der Waals surface area contributed by atoms with Crippen molar-refractivity contribution < 1.29 is 19.1 Å². The number of carbonyl (C=O) groups is 2. The van der Waals surface area contributed by atoms with Gasteiger partial charge >= 0.3 is 0 Å². The lowest BCUT2D eigenvalue weighted by Gasteiger charge is -2.15. The second kappa shape index (κ2) is 10.1. The van der Waals surface area contributed by atoms with Gasteiger partial charge in [0.15, 0.2) is 6.10 Å².